The van der Waals surface area contributed by atoms with E-state index >= 15 is 0 Å². The first-order valence-corrected chi connectivity index (χ1v) is 6.92. The number of fused-ring (bicyclic) bond motifs is 6. The molecule has 2 aliphatic rings. The Morgan fingerprint density at radius 1 is 0.850 bits per heavy atom. The topological polar surface area (TPSA) is 9.23 Å². The number of ether oxygens (including phenoxy) is 1. The zero-order chi connectivity index (χ0) is 13.1. The van der Waals surface area contributed by atoms with Crippen molar-refractivity contribution in [3.8, 4) is 5.75 Å². The van der Waals surface area contributed by atoms with Crippen LogP contribution < -0.4 is 15.2 Å². The first-order valence-electron chi connectivity index (χ1n) is 6.92. The van der Waals surface area contributed by atoms with Gasteiger partial charge in [0.25, 0.3) is 0 Å². The second-order valence-corrected chi connectivity index (χ2v) is 5.35. The fourth-order valence-corrected chi connectivity index (χ4v) is 3.41. The van der Waals surface area contributed by atoms with Crippen molar-refractivity contribution in [2.24, 2.45) is 0 Å². The molecule has 0 atom stereocenters. The van der Waals surface area contributed by atoms with Crippen LogP contribution in [0.3, 0.4) is 0 Å². The smallest absolute Gasteiger partial charge is 0.127 e. The predicted molar refractivity (Wildman–Crippen MR) is 80.8 cm³/mol. The molecule has 3 aromatic rings. The van der Waals surface area contributed by atoms with Crippen LogP contribution in [0.15, 0.2) is 48.5 Å². The quantitative estimate of drug-likeness (QED) is 0.469. The minimum Gasteiger partial charge on any atom is -0.489 e. The van der Waals surface area contributed by atoms with E-state index in [4.69, 9.17) is 4.74 Å². The molecule has 3 aromatic carbocycles. The van der Waals surface area contributed by atoms with Gasteiger partial charge in [0.1, 0.15) is 12.4 Å². The average molecular weight is 256 g/mol. The lowest BCUT2D eigenvalue weighted by Gasteiger charge is -2.04. The summed E-state index contributed by atoms with van der Waals surface area (Å²) in [6.07, 6.45) is 4.49. The molecule has 0 saturated carbocycles. The highest BCUT2D eigenvalue weighted by atomic mass is 16.5. The van der Waals surface area contributed by atoms with Crippen LogP contribution in [0, 0.1) is 10.4 Å². The standard InChI is InChI=1S/C19H12O/c1-2-4-14-13(3-1)11-17-15(14)7-5-12-6-8-18-16(19(12)17)9-10-20-18/h1-9,11H,10H2. The minimum atomic E-state index is 0.686. The van der Waals surface area contributed by atoms with Crippen LogP contribution in [-0.4, -0.2) is 6.61 Å². The molecule has 0 fully saturated rings. The highest BCUT2D eigenvalue weighted by Crippen LogP contribution is 2.24. The lowest BCUT2D eigenvalue weighted by Crippen LogP contribution is -2.02. The Morgan fingerprint density at radius 2 is 1.75 bits per heavy atom. The summed E-state index contributed by atoms with van der Waals surface area (Å²) in [6, 6.07) is 17.3. The summed E-state index contributed by atoms with van der Waals surface area (Å²) in [6.45, 7) is 0.686. The molecule has 0 radical (unpaired) electrons. The average Bonchev–Trinajstić information content (AvgIpc) is 3.10. The number of benzene rings is 3. The van der Waals surface area contributed by atoms with Gasteiger partial charge >= 0.3 is 0 Å². The maximum atomic E-state index is 5.67. The lowest BCUT2D eigenvalue weighted by atomic mass is 10.0. The van der Waals surface area contributed by atoms with Gasteiger partial charge in [0.05, 0.1) is 0 Å². The van der Waals surface area contributed by atoms with Crippen molar-refractivity contribution in [3.63, 3.8) is 0 Å². The Bertz CT molecular complexity index is 1090. The summed E-state index contributed by atoms with van der Waals surface area (Å²) < 4.78 is 5.67. The maximum Gasteiger partial charge on any atom is 0.127 e. The van der Waals surface area contributed by atoms with Crippen molar-refractivity contribution in [2.45, 2.75) is 0 Å². The van der Waals surface area contributed by atoms with E-state index in [1.54, 1.807) is 0 Å². The van der Waals surface area contributed by atoms with Crippen LogP contribution >= 0.6 is 0 Å². The van der Waals surface area contributed by atoms with E-state index in [0.29, 0.717) is 6.61 Å². The molecule has 1 aliphatic carbocycles. The highest BCUT2D eigenvalue weighted by Gasteiger charge is 2.12. The highest BCUT2D eigenvalue weighted by molar-refractivity contribution is 5.94. The molecule has 0 saturated heterocycles. The first-order chi connectivity index (χ1) is 9.92. The van der Waals surface area contributed by atoms with Gasteiger partial charge in [-0.3, -0.25) is 0 Å². The maximum absolute atomic E-state index is 5.67. The molecular weight excluding hydrogens is 244 g/mol. The van der Waals surface area contributed by atoms with Crippen LogP contribution in [-0.2, 0) is 0 Å². The molecule has 0 N–H and O–H groups in total. The van der Waals surface area contributed by atoms with E-state index in [9.17, 15) is 0 Å². The predicted octanol–water partition coefficient (Wildman–Crippen LogP) is 2.44. The zero-order valence-electron chi connectivity index (χ0n) is 10.9. The van der Waals surface area contributed by atoms with Crippen molar-refractivity contribution < 1.29 is 4.74 Å². The molecule has 0 bridgehead atoms. The van der Waals surface area contributed by atoms with Crippen LogP contribution in [0.5, 0.6) is 5.75 Å². The third-order valence-electron chi connectivity index (χ3n) is 4.30. The van der Waals surface area contributed by atoms with Crippen molar-refractivity contribution in [3.05, 3.63) is 75.0 Å². The molecule has 94 valence electrons. The van der Waals surface area contributed by atoms with Crippen molar-refractivity contribution in [2.75, 3.05) is 6.61 Å². The lowest BCUT2D eigenvalue weighted by molar-refractivity contribution is 0.386. The van der Waals surface area contributed by atoms with Gasteiger partial charge in [-0.1, -0.05) is 42.5 Å². The van der Waals surface area contributed by atoms with E-state index in [1.165, 1.54) is 37.2 Å². The van der Waals surface area contributed by atoms with Crippen molar-refractivity contribution in [1.82, 2.24) is 0 Å². The molecule has 1 nitrogen and oxygen atoms in total. The second-order valence-electron chi connectivity index (χ2n) is 5.35. The van der Waals surface area contributed by atoms with Crippen molar-refractivity contribution >= 4 is 22.9 Å². The van der Waals surface area contributed by atoms with Crippen LogP contribution in [0.1, 0.15) is 5.56 Å². The van der Waals surface area contributed by atoms with Crippen LogP contribution in [0.2, 0.25) is 0 Å². The molecule has 1 heteroatoms. The van der Waals surface area contributed by atoms with E-state index in [2.05, 4.69) is 60.7 Å². The Morgan fingerprint density at radius 3 is 2.75 bits per heavy atom. The second kappa shape index (κ2) is 3.51. The van der Waals surface area contributed by atoms with Gasteiger partial charge in [-0.2, -0.15) is 0 Å². The van der Waals surface area contributed by atoms with Gasteiger partial charge in [-0.05, 0) is 44.8 Å². The summed E-state index contributed by atoms with van der Waals surface area (Å²) in [4.78, 5) is 0. The third-order valence-corrected chi connectivity index (χ3v) is 4.30. The summed E-state index contributed by atoms with van der Waals surface area (Å²) in [5, 5.41) is 7.85. The number of hydrogen-bond acceptors (Lipinski definition) is 1. The first kappa shape index (κ1) is 10.3. The SMILES string of the molecule is C1=c2ccccc2=c2ccc3ccc4c(c3c21)=CCO4. The molecule has 0 aromatic heterocycles. The van der Waals surface area contributed by atoms with Crippen LogP contribution in [0.4, 0.5) is 0 Å². The van der Waals surface area contributed by atoms with Gasteiger partial charge in [0.15, 0.2) is 0 Å². The molecule has 0 unspecified atom stereocenters. The Labute approximate surface area is 115 Å². The number of rotatable bonds is 0. The molecule has 0 spiro atoms. The van der Waals surface area contributed by atoms with Crippen molar-refractivity contribution in [1.29, 1.82) is 0 Å². The van der Waals surface area contributed by atoms with E-state index in [1.807, 2.05) is 0 Å². The van der Waals surface area contributed by atoms with Gasteiger partial charge in [-0.25, -0.2) is 0 Å². The molecule has 1 heterocycles. The van der Waals surface area contributed by atoms with Crippen LogP contribution in [0.25, 0.3) is 22.9 Å². The third kappa shape index (κ3) is 1.17. The fourth-order valence-electron chi connectivity index (χ4n) is 3.41. The van der Waals surface area contributed by atoms with Gasteiger partial charge in [0.2, 0.25) is 0 Å². The van der Waals surface area contributed by atoms with E-state index < -0.39 is 0 Å². The van der Waals surface area contributed by atoms with Gasteiger partial charge in [-0.15, -0.1) is 0 Å². The van der Waals surface area contributed by atoms with Gasteiger partial charge in [0, 0.05) is 10.6 Å². The largest absolute Gasteiger partial charge is 0.489 e. The molecule has 20 heavy (non-hydrogen) atoms. The van der Waals surface area contributed by atoms with E-state index in [0.717, 1.165) is 5.75 Å². The normalized spacial score (nSPS) is 14.0. The molecule has 1 aliphatic heterocycles. The Hall–Kier alpha value is -2.54. The number of hydrogen-bond donors (Lipinski definition) is 0. The Balaban J connectivity index is 2.13. The molecule has 5 rings (SSSR count). The summed E-state index contributed by atoms with van der Waals surface area (Å²) >= 11 is 0. The summed E-state index contributed by atoms with van der Waals surface area (Å²) in [5.41, 5.74) is 1.34. The summed E-state index contributed by atoms with van der Waals surface area (Å²) in [7, 11) is 0. The molecule has 0 amide bonds. The van der Waals surface area contributed by atoms with Gasteiger partial charge < -0.3 is 4.74 Å². The zero-order valence-corrected chi connectivity index (χ0v) is 10.9. The fraction of sp³-hybridized carbons (Fsp3) is 0.0526. The Kier molecular flexibility index (Phi) is 1.80. The van der Waals surface area contributed by atoms with E-state index in [-0.39, 0.29) is 0 Å². The monoisotopic (exact) mass is 256 g/mol. The molecular formula is C19H12O. The minimum absolute atomic E-state index is 0.686. The summed E-state index contributed by atoms with van der Waals surface area (Å²) in [5.74, 6) is 1.01.